The van der Waals surface area contributed by atoms with Crippen molar-refractivity contribution in [3.05, 3.63) is 12.2 Å². The molecule has 0 saturated carbocycles. The summed E-state index contributed by atoms with van der Waals surface area (Å²) in [6, 6.07) is 0. The van der Waals surface area contributed by atoms with Gasteiger partial charge < -0.3 is 0 Å². The Kier molecular flexibility index (Phi) is 6.68. The predicted molar refractivity (Wildman–Crippen MR) is 48.1 cm³/mol. The van der Waals surface area contributed by atoms with Gasteiger partial charge in [-0.1, -0.05) is 32.9 Å². The molecule has 10 heavy (non-hydrogen) atoms. The predicted octanol–water partition coefficient (Wildman–Crippen LogP) is 3.78. The molecule has 0 aromatic rings. The van der Waals surface area contributed by atoms with Crippen molar-refractivity contribution < 1.29 is 0 Å². The largest absolute Gasteiger partial charge is 0.0885 e. The molecule has 0 aromatic heterocycles. The average Bonchev–Trinajstić information content (AvgIpc) is 1.90. The summed E-state index contributed by atoms with van der Waals surface area (Å²) in [4.78, 5) is 0. The van der Waals surface area contributed by atoms with Gasteiger partial charge in [0.15, 0.2) is 0 Å². The molecule has 0 spiro atoms. The third kappa shape index (κ3) is 10.7. The third-order valence-electron chi connectivity index (χ3n) is 1.16. The Morgan fingerprint density at radius 2 is 1.20 bits per heavy atom. The van der Waals surface area contributed by atoms with Crippen LogP contribution in [-0.2, 0) is 0 Å². The zero-order valence-electron chi connectivity index (χ0n) is 7.56. The zero-order chi connectivity index (χ0) is 7.82. The van der Waals surface area contributed by atoms with E-state index in [0.717, 1.165) is 5.92 Å². The maximum Gasteiger partial charge on any atom is -0.0351 e. The number of hydrogen-bond donors (Lipinski definition) is 0. The van der Waals surface area contributed by atoms with E-state index in [2.05, 4.69) is 32.9 Å². The summed E-state index contributed by atoms with van der Waals surface area (Å²) in [6.07, 6.45) is 10.0. The highest BCUT2D eigenvalue weighted by Gasteiger charge is 1.87. The van der Waals surface area contributed by atoms with Crippen molar-refractivity contribution in [3.63, 3.8) is 0 Å². The van der Waals surface area contributed by atoms with E-state index in [0.29, 0.717) is 0 Å². The molecule has 60 valence electrons. The van der Waals surface area contributed by atoms with Crippen LogP contribution < -0.4 is 0 Å². The summed E-state index contributed by atoms with van der Waals surface area (Å²) in [7, 11) is 0. The lowest BCUT2D eigenvalue weighted by molar-refractivity contribution is 0.730. The van der Waals surface area contributed by atoms with E-state index < -0.39 is 0 Å². The van der Waals surface area contributed by atoms with Crippen LogP contribution in [0.3, 0.4) is 0 Å². The number of rotatable bonds is 0. The highest BCUT2D eigenvalue weighted by molar-refractivity contribution is 4.85. The molecule has 1 aliphatic rings. The first-order valence-corrected chi connectivity index (χ1v) is 4.38. The average molecular weight is 140 g/mol. The van der Waals surface area contributed by atoms with Gasteiger partial charge in [-0.05, 0) is 31.6 Å². The Morgan fingerprint density at radius 3 is 1.30 bits per heavy atom. The minimum atomic E-state index is 0.833. The van der Waals surface area contributed by atoms with Gasteiger partial charge in [-0.15, -0.1) is 0 Å². The maximum atomic E-state index is 2.27. The highest BCUT2D eigenvalue weighted by Crippen LogP contribution is 2.07. The molecule has 0 bridgehead atoms. The SMILES string of the molecule is C1=CCCCC1.CC(C)C. The van der Waals surface area contributed by atoms with Gasteiger partial charge in [0, 0.05) is 0 Å². The molecule has 0 unspecified atom stereocenters. The zero-order valence-corrected chi connectivity index (χ0v) is 7.56. The summed E-state index contributed by atoms with van der Waals surface area (Å²) >= 11 is 0. The molecule has 0 saturated heterocycles. The first kappa shape index (κ1) is 9.74. The van der Waals surface area contributed by atoms with Crippen molar-refractivity contribution in [2.45, 2.75) is 46.5 Å². The van der Waals surface area contributed by atoms with Crippen LogP contribution in [-0.4, -0.2) is 0 Å². The van der Waals surface area contributed by atoms with Crippen LogP contribution in [0, 0.1) is 5.92 Å². The Balaban J connectivity index is 0.000000180. The number of allylic oxidation sites excluding steroid dienone is 2. The lowest BCUT2D eigenvalue weighted by Crippen LogP contribution is -1.77. The quantitative estimate of drug-likeness (QED) is 0.449. The van der Waals surface area contributed by atoms with Crippen LogP contribution in [0.5, 0.6) is 0 Å². The van der Waals surface area contributed by atoms with E-state index >= 15 is 0 Å². The lowest BCUT2D eigenvalue weighted by atomic mass is 10.1. The van der Waals surface area contributed by atoms with Crippen molar-refractivity contribution in [1.29, 1.82) is 0 Å². The van der Waals surface area contributed by atoms with E-state index in [1.165, 1.54) is 25.7 Å². The molecule has 0 atom stereocenters. The minimum absolute atomic E-state index is 0.833. The first-order chi connectivity index (χ1) is 4.73. The van der Waals surface area contributed by atoms with Crippen LogP contribution in [0.4, 0.5) is 0 Å². The van der Waals surface area contributed by atoms with Gasteiger partial charge in [0.2, 0.25) is 0 Å². The Hall–Kier alpha value is -0.260. The first-order valence-electron chi connectivity index (χ1n) is 4.38. The van der Waals surface area contributed by atoms with Gasteiger partial charge in [0.25, 0.3) is 0 Å². The molecule has 0 heteroatoms. The molecule has 0 aromatic carbocycles. The van der Waals surface area contributed by atoms with Gasteiger partial charge in [0.05, 0.1) is 0 Å². The monoisotopic (exact) mass is 140 g/mol. The molecule has 1 rings (SSSR count). The fraction of sp³-hybridized carbons (Fsp3) is 0.800. The highest BCUT2D eigenvalue weighted by atomic mass is 13.9. The topological polar surface area (TPSA) is 0 Å². The molecular formula is C10H20. The number of hydrogen-bond acceptors (Lipinski definition) is 0. The van der Waals surface area contributed by atoms with Gasteiger partial charge in [0.1, 0.15) is 0 Å². The minimum Gasteiger partial charge on any atom is -0.0885 e. The summed E-state index contributed by atoms with van der Waals surface area (Å²) in [5, 5.41) is 0. The Morgan fingerprint density at radius 1 is 0.900 bits per heavy atom. The second-order valence-electron chi connectivity index (χ2n) is 3.49. The van der Waals surface area contributed by atoms with Crippen LogP contribution in [0.25, 0.3) is 0 Å². The van der Waals surface area contributed by atoms with Crippen LogP contribution >= 0.6 is 0 Å². The van der Waals surface area contributed by atoms with Crippen molar-refractivity contribution in [2.75, 3.05) is 0 Å². The van der Waals surface area contributed by atoms with Crippen molar-refractivity contribution in [3.8, 4) is 0 Å². The summed E-state index contributed by atoms with van der Waals surface area (Å²) in [5.41, 5.74) is 0. The van der Waals surface area contributed by atoms with Gasteiger partial charge >= 0.3 is 0 Å². The van der Waals surface area contributed by atoms with E-state index in [1.807, 2.05) is 0 Å². The van der Waals surface area contributed by atoms with Gasteiger partial charge in [-0.25, -0.2) is 0 Å². The van der Waals surface area contributed by atoms with Crippen molar-refractivity contribution in [1.82, 2.24) is 0 Å². The standard InChI is InChI=1S/C6H10.C4H10/c1-2-4-6-5-3-1;1-4(2)3/h1-2H,3-6H2;4H,1-3H3. The molecule has 1 aliphatic carbocycles. The van der Waals surface area contributed by atoms with Crippen LogP contribution in [0.15, 0.2) is 12.2 Å². The molecule has 0 amide bonds. The maximum absolute atomic E-state index is 2.27. The van der Waals surface area contributed by atoms with Crippen LogP contribution in [0.2, 0.25) is 0 Å². The smallest absolute Gasteiger partial charge is 0.0351 e. The Labute approximate surface area is 65.3 Å². The van der Waals surface area contributed by atoms with Crippen molar-refractivity contribution in [2.24, 2.45) is 5.92 Å². The second-order valence-corrected chi connectivity index (χ2v) is 3.49. The fourth-order valence-corrected chi connectivity index (χ4v) is 0.760. The van der Waals surface area contributed by atoms with Crippen molar-refractivity contribution >= 4 is 0 Å². The summed E-state index contributed by atoms with van der Waals surface area (Å²) in [6.45, 7) is 6.50. The second kappa shape index (κ2) is 6.85. The van der Waals surface area contributed by atoms with E-state index in [9.17, 15) is 0 Å². The molecule has 0 nitrogen and oxygen atoms in total. The van der Waals surface area contributed by atoms with Gasteiger partial charge in [-0.3, -0.25) is 0 Å². The van der Waals surface area contributed by atoms with E-state index in [4.69, 9.17) is 0 Å². The van der Waals surface area contributed by atoms with E-state index in [1.54, 1.807) is 0 Å². The molecule has 0 heterocycles. The molecular weight excluding hydrogens is 120 g/mol. The molecule has 0 aliphatic heterocycles. The molecule has 0 radical (unpaired) electrons. The summed E-state index contributed by atoms with van der Waals surface area (Å²) < 4.78 is 0. The fourth-order valence-electron chi connectivity index (χ4n) is 0.760. The van der Waals surface area contributed by atoms with E-state index in [-0.39, 0.29) is 0 Å². The molecule has 0 fully saturated rings. The molecule has 0 N–H and O–H groups in total. The summed E-state index contributed by atoms with van der Waals surface area (Å²) in [5.74, 6) is 0.833. The van der Waals surface area contributed by atoms with Crippen LogP contribution in [0.1, 0.15) is 46.5 Å². The van der Waals surface area contributed by atoms with Gasteiger partial charge in [-0.2, -0.15) is 0 Å². The Bertz CT molecular complexity index is 69.3. The normalized spacial score (nSPS) is 16.4. The lowest BCUT2D eigenvalue weighted by Gasteiger charge is -1.97. The third-order valence-corrected chi connectivity index (χ3v) is 1.16.